The number of hydrogen-bond donors (Lipinski definition) is 2. The zero-order chi connectivity index (χ0) is 14.1. The zero-order valence-corrected chi connectivity index (χ0v) is 12.4. The van der Waals surface area contributed by atoms with E-state index in [4.69, 9.17) is 23.2 Å². The summed E-state index contributed by atoms with van der Waals surface area (Å²) in [5.74, 6) is 0.576. The molecule has 2 heterocycles. The number of nitrogens with zero attached hydrogens (tertiary/aromatic N) is 1. The van der Waals surface area contributed by atoms with Crippen molar-refractivity contribution in [1.29, 1.82) is 0 Å². The van der Waals surface area contributed by atoms with Crippen LogP contribution in [0.15, 0.2) is 34.4 Å². The fourth-order valence-corrected chi connectivity index (χ4v) is 2.82. The number of nitrogens with one attached hydrogen (secondary N) is 2. The molecule has 3 aromatic rings. The van der Waals surface area contributed by atoms with Crippen LogP contribution in [0.5, 0.6) is 0 Å². The van der Waals surface area contributed by atoms with Gasteiger partial charge in [-0.05, 0) is 29.6 Å². The van der Waals surface area contributed by atoms with E-state index in [1.165, 1.54) is 11.3 Å². The maximum atomic E-state index is 11.8. The van der Waals surface area contributed by atoms with E-state index in [2.05, 4.69) is 15.3 Å². The highest BCUT2D eigenvalue weighted by atomic mass is 35.5. The molecule has 0 bridgehead atoms. The third kappa shape index (κ3) is 2.65. The summed E-state index contributed by atoms with van der Waals surface area (Å²) in [7, 11) is 0. The largest absolute Gasteiger partial charge is 0.378 e. The maximum absolute atomic E-state index is 11.8. The Hall–Kier alpha value is -1.56. The smallest absolute Gasteiger partial charge is 0.268 e. The molecule has 0 radical (unpaired) electrons. The number of aromatic amines is 1. The van der Waals surface area contributed by atoms with Gasteiger partial charge in [0.25, 0.3) is 5.56 Å². The summed E-state index contributed by atoms with van der Waals surface area (Å²) in [5.41, 5.74) is 1.41. The third-order valence-electron chi connectivity index (χ3n) is 2.74. The lowest BCUT2D eigenvalue weighted by atomic mass is 10.3. The zero-order valence-electron chi connectivity index (χ0n) is 10.1. The van der Waals surface area contributed by atoms with E-state index in [9.17, 15) is 4.79 Å². The van der Waals surface area contributed by atoms with Crippen molar-refractivity contribution in [3.05, 3.63) is 55.9 Å². The Balaban J connectivity index is 1.82. The van der Waals surface area contributed by atoms with Crippen LogP contribution < -0.4 is 10.9 Å². The van der Waals surface area contributed by atoms with Gasteiger partial charge in [-0.3, -0.25) is 4.79 Å². The molecule has 1 aromatic carbocycles. The highest BCUT2D eigenvalue weighted by molar-refractivity contribution is 7.17. The number of anilines is 1. The Morgan fingerprint density at radius 3 is 2.90 bits per heavy atom. The lowest BCUT2D eigenvalue weighted by molar-refractivity contribution is 0.956. The SMILES string of the molecule is O=c1[nH]c(CNc2ccc(Cl)c(Cl)c2)nc2ccsc12. The topological polar surface area (TPSA) is 57.8 Å². The van der Waals surface area contributed by atoms with Gasteiger partial charge in [0.2, 0.25) is 0 Å². The molecule has 0 aliphatic heterocycles. The van der Waals surface area contributed by atoms with Crippen molar-refractivity contribution in [2.75, 3.05) is 5.32 Å². The van der Waals surface area contributed by atoms with Crippen LogP contribution in [0.1, 0.15) is 5.82 Å². The van der Waals surface area contributed by atoms with Gasteiger partial charge >= 0.3 is 0 Å². The normalized spacial score (nSPS) is 10.9. The number of benzene rings is 1. The van der Waals surface area contributed by atoms with E-state index in [1.807, 2.05) is 17.5 Å². The first kappa shape index (κ1) is 13.4. The van der Waals surface area contributed by atoms with Gasteiger partial charge in [-0.25, -0.2) is 4.98 Å². The number of rotatable bonds is 3. The van der Waals surface area contributed by atoms with Crippen molar-refractivity contribution in [2.45, 2.75) is 6.54 Å². The molecule has 0 atom stereocenters. The average Bonchev–Trinajstić information content (AvgIpc) is 2.89. The minimum Gasteiger partial charge on any atom is -0.378 e. The summed E-state index contributed by atoms with van der Waals surface area (Å²) in [5, 5.41) is 5.97. The molecule has 0 unspecified atom stereocenters. The molecule has 0 amide bonds. The Morgan fingerprint density at radius 1 is 1.25 bits per heavy atom. The number of hydrogen-bond acceptors (Lipinski definition) is 4. The van der Waals surface area contributed by atoms with Gasteiger partial charge in [-0.15, -0.1) is 11.3 Å². The van der Waals surface area contributed by atoms with Crippen molar-refractivity contribution in [3.63, 3.8) is 0 Å². The molecule has 20 heavy (non-hydrogen) atoms. The molecule has 0 aliphatic carbocycles. The molecule has 0 aliphatic rings. The number of aromatic nitrogens is 2. The Labute approximate surface area is 128 Å². The molecular formula is C13H9Cl2N3OS. The number of fused-ring (bicyclic) bond motifs is 1. The second-order valence-electron chi connectivity index (χ2n) is 4.13. The van der Waals surface area contributed by atoms with Gasteiger partial charge < -0.3 is 10.3 Å². The number of H-pyrrole nitrogens is 1. The second-order valence-corrected chi connectivity index (χ2v) is 5.86. The van der Waals surface area contributed by atoms with Gasteiger partial charge in [0.1, 0.15) is 10.5 Å². The van der Waals surface area contributed by atoms with Gasteiger partial charge in [-0.1, -0.05) is 23.2 Å². The molecule has 0 saturated carbocycles. The summed E-state index contributed by atoms with van der Waals surface area (Å²) in [6.07, 6.45) is 0. The summed E-state index contributed by atoms with van der Waals surface area (Å²) in [6.45, 7) is 0.402. The first-order chi connectivity index (χ1) is 9.63. The maximum Gasteiger partial charge on any atom is 0.268 e. The van der Waals surface area contributed by atoms with Gasteiger partial charge in [0.05, 0.1) is 22.1 Å². The molecule has 2 aromatic heterocycles. The fourth-order valence-electron chi connectivity index (χ4n) is 1.80. The van der Waals surface area contributed by atoms with Crippen molar-refractivity contribution >= 4 is 50.4 Å². The first-order valence-corrected chi connectivity index (χ1v) is 7.42. The van der Waals surface area contributed by atoms with Crippen molar-refractivity contribution in [1.82, 2.24) is 9.97 Å². The molecule has 0 spiro atoms. The predicted molar refractivity (Wildman–Crippen MR) is 84.0 cm³/mol. The molecule has 0 fully saturated rings. The minimum absolute atomic E-state index is 0.115. The van der Waals surface area contributed by atoms with Crippen molar-refractivity contribution in [2.24, 2.45) is 0 Å². The van der Waals surface area contributed by atoms with E-state index in [-0.39, 0.29) is 5.56 Å². The summed E-state index contributed by atoms with van der Waals surface area (Å²) in [4.78, 5) is 19.0. The summed E-state index contributed by atoms with van der Waals surface area (Å²) < 4.78 is 0.642. The summed E-state index contributed by atoms with van der Waals surface area (Å²) >= 11 is 13.2. The molecular weight excluding hydrogens is 317 g/mol. The quantitative estimate of drug-likeness (QED) is 0.767. The van der Waals surface area contributed by atoms with E-state index in [0.717, 1.165) is 5.69 Å². The van der Waals surface area contributed by atoms with Crippen LogP contribution in [0, 0.1) is 0 Å². The predicted octanol–water partition coefficient (Wildman–Crippen LogP) is 3.90. The lowest BCUT2D eigenvalue weighted by Gasteiger charge is -2.07. The van der Waals surface area contributed by atoms with Crippen LogP contribution in [0.25, 0.3) is 10.2 Å². The Bertz CT molecular complexity index is 828. The highest BCUT2D eigenvalue weighted by Gasteiger charge is 2.05. The molecule has 3 rings (SSSR count). The monoisotopic (exact) mass is 325 g/mol. The van der Waals surface area contributed by atoms with Gasteiger partial charge in [0, 0.05) is 5.69 Å². The molecule has 4 nitrogen and oxygen atoms in total. The third-order valence-corrected chi connectivity index (χ3v) is 4.38. The minimum atomic E-state index is -0.115. The summed E-state index contributed by atoms with van der Waals surface area (Å²) in [6, 6.07) is 7.09. The first-order valence-electron chi connectivity index (χ1n) is 5.79. The van der Waals surface area contributed by atoms with Crippen LogP contribution in [0.2, 0.25) is 10.0 Å². The van der Waals surface area contributed by atoms with E-state index < -0.39 is 0 Å². The van der Waals surface area contributed by atoms with Crippen LogP contribution in [0.3, 0.4) is 0 Å². The van der Waals surface area contributed by atoms with Crippen molar-refractivity contribution < 1.29 is 0 Å². The number of thiophene rings is 1. The van der Waals surface area contributed by atoms with E-state index in [0.29, 0.717) is 32.6 Å². The van der Waals surface area contributed by atoms with E-state index in [1.54, 1.807) is 12.1 Å². The van der Waals surface area contributed by atoms with Crippen LogP contribution >= 0.6 is 34.5 Å². The molecule has 102 valence electrons. The van der Waals surface area contributed by atoms with Gasteiger partial charge in [-0.2, -0.15) is 0 Å². The van der Waals surface area contributed by atoms with Gasteiger partial charge in [0.15, 0.2) is 0 Å². The lowest BCUT2D eigenvalue weighted by Crippen LogP contribution is -2.13. The highest BCUT2D eigenvalue weighted by Crippen LogP contribution is 2.25. The fraction of sp³-hybridized carbons (Fsp3) is 0.0769. The second kappa shape index (κ2) is 5.44. The Kier molecular flexibility index (Phi) is 3.65. The van der Waals surface area contributed by atoms with Crippen LogP contribution in [0.4, 0.5) is 5.69 Å². The molecule has 2 N–H and O–H groups in total. The van der Waals surface area contributed by atoms with Crippen LogP contribution in [-0.4, -0.2) is 9.97 Å². The van der Waals surface area contributed by atoms with E-state index >= 15 is 0 Å². The molecule has 7 heteroatoms. The number of halogens is 2. The Morgan fingerprint density at radius 2 is 2.10 bits per heavy atom. The molecule has 0 saturated heterocycles. The standard InChI is InChI=1S/C13H9Cl2N3OS/c14-8-2-1-7(5-9(8)15)16-6-11-17-10-3-4-20-12(10)13(19)18-11/h1-5,16H,6H2,(H,17,18,19). The average molecular weight is 326 g/mol. The van der Waals surface area contributed by atoms with Crippen molar-refractivity contribution in [3.8, 4) is 0 Å². The van der Waals surface area contributed by atoms with Crippen LogP contribution in [-0.2, 0) is 6.54 Å².